The number of carbonyl (C=O) groups is 1. The standard InChI is InChI=1S/C11H13F3N2O2/c1-16(2)9-4-3-7(5-8(9)15)10(17)18-6-11(12,13)14/h3-5H,6,15H2,1-2H3. The number of esters is 1. The first-order chi connectivity index (χ1) is 8.20. The van der Waals surface area contributed by atoms with Crippen LogP contribution in [0.25, 0.3) is 0 Å². The summed E-state index contributed by atoms with van der Waals surface area (Å²) in [5.74, 6) is -1.05. The molecule has 18 heavy (non-hydrogen) atoms. The molecule has 0 saturated heterocycles. The van der Waals surface area contributed by atoms with Gasteiger partial charge in [0.1, 0.15) is 0 Å². The molecule has 4 nitrogen and oxygen atoms in total. The van der Waals surface area contributed by atoms with Crippen molar-refractivity contribution < 1.29 is 22.7 Å². The highest BCUT2D eigenvalue weighted by atomic mass is 19.4. The van der Waals surface area contributed by atoms with Crippen LogP contribution in [-0.4, -0.2) is 32.8 Å². The topological polar surface area (TPSA) is 55.6 Å². The largest absolute Gasteiger partial charge is 0.452 e. The molecule has 0 aliphatic rings. The van der Waals surface area contributed by atoms with E-state index in [1.165, 1.54) is 12.1 Å². The number of nitrogens with zero attached hydrogens (tertiary/aromatic N) is 1. The highest BCUT2D eigenvalue weighted by molar-refractivity contribution is 5.92. The fourth-order valence-corrected chi connectivity index (χ4v) is 1.32. The Labute approximate surface area is 102 Å². The molecule has 0 aromatic heterocycles. The Balaban J connectivity index is 2.79. The Bertz CT molecular complexity index is 444. The van der Waals surface area contributed by atoms with E-state index >= 15 is 0 Å². The maximum Gasteiger partial charge on any atom is 0.422 e. The third kappa shape index (κ3) is 3.83. The predicted octanol–water partition coefficient (Wildman–Crippen LogP) is 2.05. The summed E-state index contributed by atoms with van der Waals surface area (Å²) in [7, 11) is 3.51. The number of anilines is 2. The molecule has 0 aliphatic heterocycles. The van der Waals surface area contributed by atoms with E-state index in [4.69, 9.17) is 5.73 Å². The molecule has 1 aromatic rings. The molecule has 0 fully saturated rings. The van der Waals surface area contributed by atoms with Crippen molar-refractivity contribution in [2.45, 2.75) is 6.18 Å². The molecule has 1 aromatic carbocycles. The van der Waals surface area contributed by atoms with Gasteiger partial charge in [-0.25, -0.2) is 4.79 Å². The minimum Gasteiger partial charge on any atom is -0.452 e. The normalized spacial score (nSPS) is 11.2. The van der Waals surface area contributed by atoms with Gasteiger partial charge < -0.3 is 15.4 Å². The molecular formula is C11H13F3N2O2. The lowest BCUT2D eigenvalue weighted by Gasteiger charge is -2.15. The summed E-state index contributed by atoms with van der Waals surface area (Å²) in [6.07, 6.45) is -4.54. The van der Waals surface area contributed by atoms with E-state index in [1.807, 2.05) is 0 Å². The molecule has 0 atom stereocenters. The Hall–Kier alpha value is -1.92. The van der Waals surface area contributed by atoms with Gasteiger partial charge in [0.05, 0.1) is 16.9 Å². The number of rotatable bonds is 3. The number of nitrogen functional groups attached to an aromatic ring is 1. The van der Waals surface area contributed by atoms with Crippen LogP contribution in [0.2, 0.25) is 0 Å². The van der Waals surface area contributed by atoms with Crippen LogP contribution >= 0.6 is 0 Å². The molecular weight excluding hydrogens is 249 g/mol. The maximum atomic E-state index is 11.9. The Morgan fingerprint density at radius 2 is 2.00 bits per heavy atom. The summed E-state index contributed by atoms with van der Waals surface area (Å²) in [5, 5.41) is 0. The summed E-state index contributed by atoms with van der Waals surface area (Å²) >= 11 is 0. The van der Waals surface area contributed by atoms with E-state index in [-0.39, 0.29) is 5.56 Å². The van der Waals surface area contributed by atoms with Gasteiger partial charge in [0.2, 0.25) is 0 Å². The second-order valence-electron chi connectivity index (χ2n) is 3.86. The number of carbonyl (C=O) groups excluding carboxylic acids is 1. The minimum absolute atomic E-state index is 0.0117. The first kappa shape index (κ1) is 14.1. The molecule has 0 saturated carbocycles. The second kappa shape index (κ2) is 5.16. The van der Waals surface area contributed by atoms with Gasteiger partial charge >= 0.3 is 12.1 Å². The summed E-state index contributed by atoms with van der Waals surface area (Å²) in [6.45, 7) is -1.61. The van der Waals surface area contributed by atoms with Gasteiger partial charge in [-0.3, -0.25) is 0 Å². The molecule has 0 unspecified atom stereocenters. The van der Waals surface area contributed by atoms with Gasteiger partial charge in [-0.05, 0) is 18.2 Å². The SMILES string of the molecule is CN(C)c1ccc(C(=O)OCC(F)(F)F)cc1N. The fourth-order valence-electron chi connectivity index (χ4n) is 1.32. The average Bonchev–Trinajstić information content (AvgIpc) is 2.24. The van der Waals surface area contributed by atoms with Crippen molar-refractivity contribution >= 4 is 17.3 Å². The second-order valence-corrected chi connectivity index (χ2v) is 3.86. The molecule has 0 spiro atoms. The number of alkyl halides is 3. The minimum atomic E-state index is -4.54. The van der Waals surface area contributed by atoms with Crippen molar-refractivity contribution in [1.82, 2.24) is 0 Å². The van der Waals surface area contributed by atoms with E-state index < -0.39 is 18.8 Å². The lowest BCUT2D eigenvalue weighted by atomic mass is 10.1. The number of hydrogen-bond donors (Lipinski definition) is 1. The van der Waals surface area contributed by atoms with E-state index in [2.05, 4.69) is 4.74 Å². The highest BCUT2D eigenvalue weighted by Gasteiger charge is 2.29. The molecule has 2 N–H and O–H groups in total. The van der Waals surface area contributed by atoms with Crippen molar-refractivity contribution in [3.05, 3.63) is 23.8 Å². The number of ether oxygens (including phenoxy) is 1. The fraction of sp³-hybridized carbons (Fsp3) is 0.364. The van der Waals surface area contributed by atoms with Crippen LogP contribution in [0.1, 0.15) is 10.4 Å². The first-order valence-corrected chi connectivity index (χ1v) is 5.01. The van der Waals surface area contributed by atoms with Crippen molar-refractivity contribution in [1.29, 1.82) is 0 Å². The number of hydrogen-bond acceptors (Lipinski definition) is 4. The maximum absolute atomic E-state index is 11.9. The molecule has 7 heteroatoms. The van der Waals surface area contributed by atoms with Gasteiger partial charge in [0, 0.05) is 14.1 Å². The van der Waals surface area contributed by atoms with Gasteiger partial charge in [0.15, 0.2) is 6.61 Å². The molecule has 0 bridgehead atoms. The molecule has 0 heterocycles. The van der Waals surface area contributed by atoms with Gasteiger partial charge in [-0.2, -0.15) is 13.2 Å². The van der Waals surface area contributed by atoms with Gasteiger partial charge in [-0.15, -0.1) is 0 Å². The van der Waals surface area contributed by atoms with Crippen LogP contribution in [0, 0.1) is 0 Å². The zero-order valence-corrected chi connectivity index (χ0v) is 9.91. The Kier molecular flexibility index (Phi) is 4.05. The lowest BCUT2D eigenvalue weighted by molar-refractivity contribution is -0.161. The third-order valence-electron chi connectivity index (χ3n) is 2.11. The quantitative estimate of drug-likeness (QED) is 0.669. The number of benzene rings is 1. The van der Waals surface area contributed by atoms with Crippen molar-refractivity contribution in [3.63, 3.8) is 0 Å². The van der Waals surface area contributed by atoms with Gasteiger partial charge in [-0.1, -0.05) is 0 Å². The number of halogens is 3. The smallest absolute Gasteiger partial charge is 0.422 e. The van der Waals surface area contributed by atoms with E-state index in [0.717, 1.165) is 0 Å². The summed E-state index contributed by atoms with van der Waals surface area (Å²) in [4.78, 5) is 13.1. The predicted molar refractivity (Wildman–Crippen MR) is 61.5 cm³/mol. The zero-order chi connectivity index (χ0) is 13.9. The lowest BCUT2D eigenvalue weighted by Crippen LogP contribution is -2.20. The van der Waals surface area contributed by atoms with Crippen molar-refractivity contribution in [2.75, 3.05) is 31.3 Å². The van der Waals surface area contributed by atoms with Crippen molar-refractivity contribution in [3.8, 4) is 0 Å². The van der Waals surface area contributed by atoms with E-state index in [0.29, 0.717) is 11.4 Å². The van der Waals surface area contributed by atoms with Crippen LogP contribution in [0.15, 0.2) is 18.2 Å². The molecule has 1 rings (SSSR count). The van der Waals surface area contributed by atoms with Gasteiger partial charge in [0.25, 0.3) is 0 Å². The average molecular weight is 262 g/mol. The van der Waals surface area contributed by atoms with E-state index in [1.54, 1.807) is 25.1 Å². The number of nitrogens with two attached hydrogens (primary N) is 1. The van der Waals surface area contributed by atoms with E-state index in [9.17, 15) is 18.0 Å². The molecule has 0 aliphatic carbocycles. The molecule has 0 radical (unpaired) electrons. The highest BCUT2D eigenvalue weighted by Crippen LogP contribution is 2.23. The Morgan fingerprint density at radius 1 is 1.39 bits per heavy atom. The first-order valence-electron chi connectivity index (χ1n) is 5.01. The van der Waals surface area contributed by atoms with Crippen LogP contribution in [0.3, 0.4) is 0 Å². The monoisotopic (exact) mass is 262 g/mol. The van der Waals surface area contributed by atoms with Crippen LogP contribution in [0.5, 0.6) is 0 Å². The summed E-state index contributed by atoms with van der Waals surface area (Å²) in [6, 6.07) is 4.19. The van der Waals surface area contributed by atoms with Crippen LogP contribution < -0.4 is 10.6 Å². The Morgan fingerprint density at radius 3 is 2.44 bits per heavy atom. The third-order valence-corrected chi connectivity index (χ3v) is 2.11. The van der Waals surface area contributed by atoms with Crippen molar-refractivity contribution in [2.24, 2.45) is 0 Å². The van der Waals surface area contributed by atoms with Crippen LogP contribution in [0.4, 0.5) is 24.5 Å². The summed E-state index contributed by atoms with van der Waals surface area (Å²) in [5.41, 5.74) is 6.62. The summed E-state index contributed by atoms with van der Waals surface area (Å²) < 4.78 is 39.7. The molecule has 100 valence electrons. The zero-order valence-electron chi connectivity index (χ0n) is 9.91. The molecule has 0 amide bonds. The van der Waals surface area contributed by atoms with Crippen LogP contribution in [-0.2, 0) is 4.74 Å².